The molecule has 0 unspecified atom stereocenters. The Morgan fingerprint density at radius 1 is 1.25 bits per heavy atom. The molecule has 0 aliphatic carbocycles. The van der Waals surface area contributed by atoms with Crippen LogP contribution >= 0.6 is 0 Å². The van der Waals surface area contributed by atoms with Crippen molar-refractivity contribution in [3.05, 3.63) is 6.92 Å². The van der Waals surface area contributed by atoms with Gasteiger partial charge in [-0.2, -0.15) is 0 Å². The molecule has 0 nitrogen and oxygen atoms in total. The molecule has 0 fully saturated rings. The molecule has 0 aliphatic rings. The van der Waals surface area contributed by atoms with Crippen LogP contribution in [-0.4, -0.2) is 0 Å². The van der Waals surface area contributed by atoms with Crippen LogP contribution in [0, 0.1) is 6.92 Å². The Labute approximate surface area is 55.7 Å². The Morgan fingerprint density at radius 2 is 1.25 bits per heavy atom. The van der Waals surface area contributed by atoms with E-state index in [2.05, 4.69) is 6.92 Å². The van der Waals surface area contributed by atoms with Gasteiger partial charge < -0.3 is 12.4 Å². The van der Waals surface area contributed by atoms with Crippen molar-refractivity contribution < 1.29 is 42.0 Å². The zero-order valence-electron chi connectivity index (χ0n) is 3.09. The third-order valence-corrected chi connectivity index (χ3v) is 0. The number of hydrogen-bond donors (Lipinski definition) is 0. The molecule has 0 saturated heterocycles. The SMILES string of the molecule is [CH2]C.[Cl-].[Na+]. The molecule has 0 amide bonds. The van der Waals surface area contributed by atoms with Gasteiger partial charge in [-0.3, -0.25) is 0 Å². The van der Waals surface area contributed by atoms with Gasteiger partial charge >= 0.3 is 29.6 Å². The molecule has 21 valence electrons. The van der Waals surface area contributed by atoms with Crippen LogP contribution in [0.5, 0.6) is 0 Å². The van der Waals surface area contributed by atoms with Crippen molar-refractivity contribution in [1.82, 2.24) is 0 Å². The first-order chi connectivity index (χ1) is 1.00. The largest absolute Gasteiger partial charge is 1.00 e. The van der Waals surface area contributed by atoms with E-state index < -0.39 is 0 Å². The number of rotatable bonds is 0. The van der Waals surface area contributed by atoms with E-state index in [0.29, 0.717) is 0 Å². The van der Waals surface area contributed by atoms with E-state index in [1.54, 1.807) is 6.92 Å². The summed E-state index contributed by atoms with van der Waals surface area (Å²) >= 11 is 0. The maximum Gasteiger partial charge on any atom is 1.00 e. The van der Waals surface area contributed by atoms with Crippen molar-refractivity contribution in [2.45, 2.75) is 6.92 Å². The van der Waals surface area contributed by atoms with E-state index >= 15 is 0 Å². The average Bonchev–Trinajstić information content (AvgIpc) is 1.00. The number of halogens is 1. The summed E-state index contributed by atoms with van der Waals surface area (Å²) in [7, 11) is 0. The van der Waals surface area contributed by atoms with Gasteiger partial charge in [-0.1, -0.05) is 13.8 Å². The molecule has 0 bridgehead atoms. The minimum atomic E-state index is 0. The zero-order valence-corrected chi connectivity index (χ0v) is 5.84. The third-order valence-electron chi connectivity index (χ3n) is 0. The van der Waals surface area contributed by atoms with Crippen LogP contribution in [0.4, 0.5) is 0 Å². The minimum Gasteiger partial charge on any atom is -1.00 e. The van der Waals surface area contributed by atoms with E-state index in [4.69, 9.17) is 0 Å². The summed E-state index contributed by atoms with van der Waals surface area (Å²) in [6.07, 6.45) is 0. The zero-order chi connectivity index (χ0) is 2.00. The van der Waals surface area contributed by atoms with Crippen LogP contribution in [-0.2, 0) is 0 Å². The fourth-order valence-corrected chi connectivity index (χ4v) is 0. The van der Waals surface area contributed by atoms with Crippen LogP contribution in [0.2, 0.25) is 0 Å². The standard InChI is InChI=1S/C2H5.ClH.Na/c1-2;;/h1H2,2H3;1H;/q;;+1/p-1. The molecule has 0 aliphatic heterocycles. The normalized spacial score (nSPS) is 1.50. The summed E-state index contributed by atoms with van der Waals surface area (Å²) in [5.74, 6) is 0. The minimum absolute atomic E-state index is 0. The molecule has 0 heterocycles. The first kappa shape index (κ1) is 18.6. The van der Waals surface area contributed by atoms with Gasteiger partial charge in [0.05, 0.1) is 0 Å². The Morgan fingerprint density at radius 3 is 1.25 bits per heavy atom. The van der Waals surface area contributed by atoms with Gasteiger partial charge in [0.2, 0.25) is 0 Å². The molecule has 0 N–H and O–H groups in total. The van der Waals surface area contributed by atoms with Gasteiger partial charge in [0.1, 0.15) is 0 Å². The van der Waals surface area contributed by atoms with Crippen LogP contribution < -0.4 is 42.0 Å². The smallest absolute Gasteiger partial charge is 1.00 e. The number of hydrogen-bond acceptors (Lipinski definition) is 0. The molecule has 0 rings (SSSR count). The predicted octanol–water partition coefficient (Wildman–Crippen LogP) is -5.15. The van der Waals surface area contributed by atoms with Crippen LogP contribution in [0.25, 0.3) is 0 Å². The van der Waals surface area contributed by atoms with Crippen molar-refractivity contribution in [2.75, 3.05) is 0 Å². The predicted molar refractivity (Wildman–Crippen MR) is 11.0 cm³/mol. The fourth-order valence-electron chi connectivity index (χ4n) is 0. The molecule has 4 heavy (non-hydrogen) atoms. The molecular formula is C2H5ClNa. The van der Waals surface area contributed by atoms with Crippen molar-refractivity contribution in [1.29, 1.82) is 0 Å². The molecular weight excluding hydrogens is 82.5 g/mol. The van der Waals surface area contributed by atoms with Crippen molar-refractivity contribution in [2.24, 2.45) is 0 Å². The summed E-state index contributed by atoms with van der Waals surface area (Å²) in [5, 5.41) is 0. The van der Waals surface area contributed by atoms with Gasteiger partial charge in [0.25, 0.3) is 0 Å². The van der Waals surface area contributed by atoms with Crippen LogP contribution in [0.1, 0.15) is 6.92 Å². The summed E-state index contributed by atoms with van der Waals surface area (Å²) in [6, 6.07) is 0. The van der Waals surface area contributed by atoms with E-state index in [1.807, 2.05) is 0 Å². The average molecular weight is 87.5 g/mol. The van der Waals surface area contributed by atoms with Crippen LogP contribution in [0.15, 0.2) is 0 Å². The van der Waals surface area contributed by atoms with Gasteiger partial charge in [0.15, 0.2) is 0 Å². The van der Waals surface area contributed by atoms with Crippen molar-refractivity contribution in [3.8, 4) is 0 Å². The van der Waals surface area contributed by atoms with Gasteiger partial charge in [0, 0.05) is 0 Å². The summed E-state index contributed by atoms with van der Waals surface area (Å²) < 4.78 is 0. The second-order valence-electron chi connectivity index (χ2n) is 0. The summed E-state index contributed by atoms with van der Waals surface area (Å²) in [4.78, 5) is 0. The van der Waals surface area contributed by atoms with E-state index in [0.717, 1.165) is 0 Å². The molecule has 1 radical (unpaired) electrons. The quantitative estimate of drug-likeness (QED) is 0.259. The fraction of sp³-hybridized carbons (Fsp3) is 0.500. The van der Waals surface area contributed by atoms with E-state index in [1.165, 1.54) is 0 Å². The van der Waals surface area contributed by atoms with Gasteiger partial charge in [-0.05, 0) is 0 Å². The third kappa shape index (κ3) is 10.4. The molecule has 0 aromatic carbocycles. The first-order valence-corrected chi connectivity index (χ1v) is 0.707. The second kappa shape index (κ2) is 27.9. The Bertz CT molecular complexity index is 6.00. The van der Waals surface area contributed by atoms with E-state index in [-0.39, 0.29) is 42.0 Å². The Hall–Kier alpha value is 1.29. The van der Waals surface area contributed by atoms with E-state index in [9.17, 15) is 0 Å². The topological polar surface area (TPSA) is 0 Å². The Kier molecular flexibility index (Phi) is 130. The van der Waals surface area contributed by atoms with Crippen molar-refractivity contribution >= 4 is 0 Å². The van der Waals surface area contributed by atoms with Gasteiger partial charge in [-0.15, -0.1) is 0 Å². The summed E-state index contributed by atoms with van der Waals surface area (Å²) in [5.41, 5.74) is 0. The maximum absolute atomic E-state index is 3.25. The summed E-state index contributed by atoms with van der Waals surface area (Å²) in [6.45, 7) is 5.00. The molecule has 0 saturated carbocycles. The molecule has 0 spiro atoms. The molecule has 0 aromatic rings. The first-order valence-electron chi connectivity index (χ1n) is 0.707. The second-order valence-corrected chi connectivity index (χ2v) is 0. The van der Waals surface area contributed by atoms with Gasteiger partial charge in [-0.25, -0.2) is 0 Å². The molecule has 2 heteroatoms. The Balaban J connectivity index is -0.00000000500. The van der Waals surface area contributed by atoms with Crippen LogP contribution in [0.3, 0.4) is 0 Å². The molecule has 0 atom stereocenters. The monoisotopic (exact) mass is 87.0 g/mol. The molecule has 0 aromatic heterocycles. The maximum atomic E-state index is 3.25. The van der Waals surface area contributed by atoms with Crippen molar-refractivity contribution in [3.63, 3.8) is 0 Å².